The van der Waals surface area contributed by atoms with Gasteiger partial charge in [0, 0.05) is 17.3 Å². The van der Waals surface area contributed by atoms with E-state index < -0.39 is 11.3 Å². The molecule has 1 heterocycles. The van der Waals surface area contributed by atoms with Crippen LogP contribution in [0.2, 0.25) is 0 Å². The second-order valence-electron chi connectivity index (χ2n) is 5.54. The first-order valence-corrected chi connectivity index (χ1v) is 8.84. The Morgan fingerprint density at radius 3 is 2.70 bits per heavy atom. The van der Waals surface area contributed by atoms with Gasteiger partial charge in [0.05, 0.1) is 19.2 Å². The Balaban J connectivity index is 1.95. The number of rotatable bonds is 5. The van der Waals surface area contributed by atoms with Crippen molar-refractivity contribution in [1.29, 1.82) is 5.26 Å². The fourth-order valence-electron chi connectivity index (χ4n) is 2.58. The molecule has 3 N–H and O–H groups in total. The van der Waals surface area contributed by atoms with Crippen LogP contribution in [0.15, 0.2) is 53.1 Å². The van der Waals surface area contributed by atoms with Gasteiger partial charge in [-0.1, -0.05) is 30.0 Å². The number of hydrogen-bond donors (Lipinski definition) is 3. The highest BCUT2D eigenvalue weighted by molar-refractivity contribution is 8.03. The summed E-state index contributed by atoms with van der Waals surface area (Å²) in [6.07, 6.45) is 0. The van der Waals surface area contributed by atoms with Gasteiger partial charge in [-0.25, -0.2) is 0 Å². The van der Waals surface area contributed by atoms with Crippen LogP contribution in [0.3, 0.4) is 0 Å². The molecule has 0 aromatic heterocycles. The van der Waals surface area contributed by atoms with Crippen molar-refractivity contribution in [2.24, 2.45) is 0 Å². The average Bonchev–Trinajstić information content (AvgIpc) is 2.68. The van der Waals surface area contributed by atoms with Crippen molar-refractivity contribution in [3.8, 4) is 23.3 Å². The number of carbonyl (C=O) groups is 1. The van der Waals surface area contributed by atoms with Gasteiger partial charge < -0.3 is 25.2 Å². The third kappa shape index (κ3) is 3.78. The zero-order valence-corrected chi connectivity index (χ0v) is 15.5. The van der Waals surface area contributed by atoms with Crippen LogP contribution in [0.25, 0.3) is 0 Å². The molecule has 0 bridgehead atoms. The number of aromatic hydroxyl groups is 1. The molecule has 0 fully saturated rings. The van der Waals surface area contributed by atoms with Crippen LogP contribution in [0, 0.1) is 11.3 Å². The number of methoxy groups -OCH3 is 2. The molecule has 8 heteroatoms. The highest BCUT2D eigenvalue weighted by Gasteiger charge is 2.31. The molecular formula is C19H17N3O4S. The van der Waals surface area contributed by atoms with Gasteiger partial charge in [-0.05, 0) is 18.2 Å². The number of amides is 1. The molecule has 0 unspecified atom stereocenters. The average molecular weight is 383 g/mol. The molecule has 7 nitrogen and oxygen atoms in total. The van der Waals surface area contributed by atoms with Crippen molar-refractivity contribution in [2.45, 2.75) is 5.37 Å². The SMILES string of the molecule is COc1cccc(NC2=C(C#N)C(=O)N[C@@H](c3cccc(OC)c3O)S2)c1. The van der Waals surface area contributed by atoms with Crippen LogP contribution >= 0.6 is 11.8 Å². The predicted octanol–water partition coefficient (Wildman–Crippen LogP) is 3.12. The molecule has 0 spiro atoms. The van der Waals surface area contributed by atoms with Gasteiger partial charge in [-0.2, -0.15) is 5.26 Å². The first kappa shape index (κ1) is 18.5. The fraction of sp³-hybridized carbons (Fsp3) is 0.158. The highest BCUT2D eigenvalue weighted by Crippen LogP contribution is 2.43. The van der Waals surface area contributed by atoms with Gasteiger partial charge >= 0.3 is 0 Å². The zero-order chi connectivity index (χ0) is 19.4. The molecule has 3 rings (SSSR count). The molecule has 0 radical (unpaired) electrons. The number of para-hydroxylation sites is 1. The standard InChI is InChI=1S/C19H17N3O4S/c1-25-12-6-3-5-11(9-12)21-19-14(10-20)17(24)22-18(27-19)13-7-4-8-15(26-2)16(13)23/h3-9,18,21,23H,1-2H3,(H,22,24)/t18-/m1/s1. The molecule has 1 aliphatic rings. The lowest BCUT2D eigenvalue weighted by molar-refractivity contribution is -0.117. The summed E-state index contributed by atoms with van der Waals surface area (Å²) >= 11 is 1.22. The Kier molecular flexibility index (Phi) is 5.43. The zero-order valence-electron chi connectivity index (χ0n) is 14.6. The van der Waals surface area contributed by atoms with E-state index in [0.29, 0.717) is 27.8 Å². The third-order valence-electron chi connectivity index (χ3n) is 3.92. The predicted molar refractivity (Wildman–Crippen MR) is 102 cm³/mol. The van der Waals surface area contributed by atoms with Gasteiger partial charge in [0.15, 0.2) is 11.5 Å². The summed E-state index contributed by atoms with van der Waals surface area (Å²) in [5.41, 5.74) is 1.13. The molecule has 0 aliphatic carbocycles. The molecule has 138 valence electrons. The fourth-order valence-corrected chi connectivity index (χ4v) is 3.73. The molecule has 0 saturated carbocycles. The Bertz CT molecular complexity index is 952. The van der Waals surface area contributed by atoms with Crippen molar-refractivity contribution >= 4 is 23.4 Å². The summed E-state index contributed by atoms with van der Waals surface area (Å²) in [4.78, 5) is 12.4. The number of nitrogens with one attached hydrogen (secondary N) is 2. The Morgan fingerprint density at radius 1 is 1.22 bits per heavy atom. The minimum absolute atomic E-state index is 0.0264. The number of thioether (sulfide) groups is 1. The Morgan fingerprint density at radius 2 is 2.00 bits per heavy atom. The number of anilines is 1. The van der Waals surface area contributed by atoms with Crippen LogP contribution in [0.1, 0.15) is 10.9 Å². The van der Waals surface area contributed by atoms with E-state index in [1.54, 1.807) is 49.6 Å². The largest absolute Gasteiger partial charge is 0.504 e. The summed E-state index contributed by atoms with van der Waals surface area (Å²) in [6.45, 7) is 0. The molecule has 27 heavy (non-hydrogen) atoms. The van der Waals surface area contributed by atoms with Crippen LogP contribution in [-0.4, -0.2) is 25.2 Å². The van der Waals surface area contributed by atoms with Gasteiger partial charge in [0.25, 0.3) is 5.91 Å². The maximum Gasteiger partial charge on any atom is 0.265 e. The summed E-state index contributed by atoms with van der Waals surface area (Å²) in [6, 6.07) is 14.1. The second-order valence-corrected chi connectivity index (χ2v) is 6.66. The minimum Gasteiger partial charge on any atom is -0.504 e. The first-order chi connectivity index (χ1) is 13.1. The van der Waals surface area contributed by atoms with Crippen molar-refractivity contribution < 1.29 is 19.4 Å². The van der Waals surface area contributed by atoms with Crippen LogP contribution < -0.4 is 20.1 Å². The van der Waals surface area contributed by atoms with E-state index in [4.69, 9.17) is 9.47 Å². The number of benzene rings is 2. The quantitative estimate of drug-likeness (QED) is 0.729. The molecule has 2 aromatic rings. The Hall–Kier alpha value is -3.31. The second kappa shape index (κ2) is 7.93. The molecule has 2 aromatic carbocycles. The van der Waals surface area contributed by atoms with Gasteiger partial charge in [0.2, 0.25) is 0 Å². The first-order valence-electron chi connectivity index (χ1n) is 7.96. The van der Waals surface area contributed by atoms with Crippen molar-refractivity contribution in [3.63, 3.8) is 0 Å². The van der Waals surface area contributed by atoms with E-state index in [1.165, 1.54) is 18.9 Å². The third-order valence-corrected chi connectivity index (χ3v) is 5.07. The van der Waals surface area contributed by atoms with E-state index in [1.807, 2.05) is 6.07 Å². The van der Waals surface area contributed by atoms with Crippen molar-refractivity contribution in [1.82, 2.24) is 5.32 Å². The maximum absolute atomic E-state index is 12.4. The Labute approximate surface area is 160 Å². The van der Waals surface area contributed by atoms with Crippen LogP contribution in [0.4, 0.5) is 5.69 Å². The number of carbonyl (C=O) groups excluding carboxylic acids is 1. The molecule has 1 amide bonds. The smallest absolute Gasteiger partial charge is 0.265 e. The number of hydrogen-bond acceptors (Lipinski definition) is 7. The van der Waals surface area contributed by atoms with Crippen LogP contribution in [-0.2, 0) is 4.79 Å². The highest BCUT2D eigenvalue weighted by atomic mass is 32.2. The van der Waals surface area contributed by atoms with E-state index in [2.05, 4.69) is 10.6 Å². The van der Waals surface area contributed by atoms with E-state index in [-0.39, 0.29) is 11.3 Å². The minimum atomic E-state index is -0.585. The van der Waals surface area contributed by atoms with E-state index >= 15 is 0 Å². The van der Waals surface area contributed by atoms with Gasteiger partial charge in [0.1, 0.15) is 22.8 Å². The van der Waals surface area contributed by atoms with E-state index in [0.717, 1.165) is 0 Å². The summed E-state index contributed by atoms with van der Waals surface area (Å²) < 4.78 is 10.3. The lowest BCUT2D eigenvalue weighted by Gasteiger charge is -2.27. The van der Waals surface area contributed by atoms with E-state index in [9.17, 15) is 15.2 Å². The number of phenols is 1. The molecule has 0 saturated heterocycles. The van der Waals surface area contributed by atoms with Crippen molar-refractivity contribution in [2.75, 3.05) is 19.5 Å². The number of ether oxygens (including phenoxy) is 2. The molecule has 1 aliphatic heterocycles. The topological polar surface area (TPSA) is 104 Å². The van der Waals surface area contributed by atoms with Gasteiger partial charge in [-0.3, -0.25) is 4.79 Å². The van der Waals surface area contributed by atoms with Crippen LogP contribution in [0.5, 0.6) is 17.2 Å². The lowest BCUT2D eigenvalue weighted by atomic mass is 10.1. The summed E-state index contributed by atoms with van der Waals surface area (Å²) in [7, 11) is 3.01. The number of nitriles is 1. The maximum atomic E-state index is 12.4. The van der Waals surface area contributed by atoms with Gasteiger partial charge in [-0.15, -0.1) is 0 Å². The molecular weight excluding hydrogens is 366 g/mol. The summed E-state index contributed by atoms with van der Waals surface area (Å²) in [5.74, 6) is 0.374. The lowest BCUT2D eigenvalue weighted by Crippen LogP contribution is -2.33. The monoisotopic (exact) mass is 383 g/mol. The normalized spacial score (nSPS) is 16.3. The number of nitrogens with zero attached hydrogens (tertiary/aromatic N) is 1. The number of phenolic OH excluding ortho intramolecular Hbond substituents is 1. The summed E-state index contributed by atoms with van der Waals surface area (Å²) in [5, 5.41) is 25.4. The molecule has 1 atom stereocenters. The van der Waals surface area contributed by atoms with Crippen molar-refractivity contribution in [3.05, 3.63) is 58.6 Å².